The minimum Gasteiger partial charge on any atom is -0.339 e. The Kier molecular flexibility index (Phi) is 5.55. The van der Waals surface area contributed by atoms with Gasteiger partial charge in [0.05, 0.1) is 6.54 Å². The summed E-state index contributed by atoms with van der Waals surface area (Å²) in [6.07, 6.45) is 2.05. The predicted molar refractivity (Wildman–Crippen MR) is 86.3 cm³/mol. The lowest BCUT2D eigenvalue weighted by Gasteiger charge is -2.28. The number of benzene rings is 1. The molecule has 0 unspecified atom stereocenters. The fourth-order valence-electron chi connectivity index (χ4n) is 2.85. The van der Waals surface area contributed by atoms with Crippen molar-refractivity contribution >= 4 is 11.8 Å². The highest BCUT2D eigenvalue weighted by molar-refractivity contribution is 5.89. The molecule has 0 aliphatic carbocycles. The van der Waals surface area contributed by atoms with Gasteiger partial charge in [-0.25, -0.2) is 0 Å². The Hall–Kier alpha value is -1.88. The molecule has 22 heavy (non-hydrogen) atoms. The van der Waals surface area contributed by atoms with Crippen molar-refractivity contribution in [1.82, 2.24) is 15.1 Å². The molecule has 1 aliphatic rings. The molecule has 5 heteroatoms. The van der Waals surface area contributed by atoms with Gasteiger partial charge >= 0.3 is 0 Å². The maximum atomic E-state index is 12.9. The van der Waals surface area contributed by atoms with Crippen molar-refractivity contribution in [2.75, 3.05) is 27.2 Å². The second-order valence-electron chi connectivity index (χ2n) is 6.17. The molecule has 1 aromatic rings. The third-order valence-electron chi connectivity index (χ3n) is 3.98. The molecule has 1 aromatic carbocycles. The first kappa shape index (κ1) is 16.5. The van der Waals surface area contributed by atoms with Crippen LogP contribution in [-0.2, 0) is 9.59 Å². The van der Waals surface area contributed by atoms with Crippen LogP contribution in [0.3, 0.4) is 0 Å². The molecular weight excluding hydrogens is 278 g/mol. The molecule has 2 amide bonds. The third-order valence-corrected chi connectivity index (χ3v) is 3.98. The smallest absolute Gasteiger partial charge is 0.250 e. The molecule has 2 atom stereocenters. The summed E-state index contributed by atoms with van der Waals surface area (Å²) in [5.41, 5.74) is 0.832. The van der Waals surface area contributed by atoms with Crippen molar-refractivity contribution in [2.24, 2.45) is 0 Å². The van der Waals surface area contributed by atoms with E-state index in [4.69, 9.17) is 0 Å². The molecule has 5 nitrogen and oxygen atoms in total. The molecule has 1 fully saturated rings. The van der Waals surface area contributed by atoms with E-state index >= 15 is 0 Å². The van der Waals surface area contributed by atoms with Gasteiger partial charge in [-0.2, -0.15) is 0 Å². The fourth-order valence-corrected chi connectivity index (χ4v) is 2.85. The molecule has 1 aliphatic heterocycles. The van der Waals surface area contributed by atoms with Gasteiger partial charge < -0.3 is 15.1 Å². The molecule has 0 bridgehead atoms. The topological polar surface area (TPSA) is 52.7 Å². The number of nitrogens with zero attached hydrogens (tertiary/aromatic N) is 2. The van der Waals surface area contributed by atoms with Crippen LogP contribution in [0.1, 0.15) is 31.4 Å². The number of likely N-dealkylation sites (tertiary alicyclic amines) is 1. The van der Waals surface area contributed by atoms with Crippen molar-refractivity contribution in [2.45, 2.75) is 31.8 Å². The van der Waals surface area contributed by atoms with Crippen LogP contribution in [0, 0.1) is 0 Å². The number of rotatable bonds is 5. The highest BCUT2D eigenvalue weighted by Crippen LogP contribution is 2.23. The van der Waals surface area contributed by atoms with Crippen LogP contribution < -0.4 is 5.32 Å². The summed E-state index contributed by atoms with van der Waals surface area (Å²) in [5, 5.41) is 2.89. The second-order valence-corrected chi connectivity index (χ2v) is 6.17. The summed E-state index contributed by atoms with van der Waals surface area (Å²) in [6, 6.07) is 9.10. The zero-order valence-electron chi connectivity index (χ0n) is 13.6. The van der Waals surface area contributed by atoms with E-state index in [9.17, 15) is 9.59 Å². The Labute approximate surface area is 132 Å². The Morgan fingerprint density at radius 2 is 2.00 bits per heavy atom. The molecule has 1 saturated heterocycles. The molecular formula is C17H25N3O2. The lowest BCUT2D eigenvalue weighted by molar-refractivity contribution is -0.137. The quantitative estimate of drug-likeness (QED) is 0.895. The van der Waals surface area contributed by atoms with Crippen LogP contribution in [0.2, 0.25) is 0 Å². The number of amides is 2. The fraction of sp³-hybridized carbons (Fsp3) is 0.529. The number of carbonyl (C=O) groups excluding carboxylic acids is 2. The molecule has 0 saturated carbocycles. The summed E-state index contributed by atoms with van der Waals surface area (Å²) in [5.74, 6) is -0.151. The summed E-state index contributed by atoms with van der Waals surface area (Å²) in [7, 11) is 3.67. The SMILES string of the molecule is C[C@@H]1CCCN1C(=O)[C@H](NC(=O)CN(C)C)c1ccccc1. The Morgan fingerprint density at radius 3 is 2.55 bits per heavy atom. The number of likely N-dealkylation sites (N-methyl/N-ethyl adjacent to an activating group) is 1. The molecule has 0 radical (unpaired) electrons. The molecule has 2 rings (SSSR count). The predicted octanol–water partition coefficient (Wildman–Crippen LogP) is 1.42. The van der Waals surface area contributed by atoms with Crippen molar-refractivity contribution < 1.29 is 9.59 Å². The van der Waals surface area contributed by atoms with E-state index in [1.54, 1.807) is 4.90 Å². The van der Waals surface area contributed by atoms with Crippen LogP contribution in [0.5, 0.6) is 0 Å². The van der Waals surface area contributed by atoms with E-state index in [0.29, 0.717) is 0 Å². The highest BCUT2D eigenvalue weighted by atomic mass is 16.2. The lowest BCUT2D eigenvalue weighted by Crippen LogP contribution is -2.46. The first-order chi connectivity index (χ1) is 10.5. The van der Waals surface area contributed by atoms with Gasteiger partial charge in [0.15, 0.2) is 0 Å². The van der Waals surface area contributed by atoms with Gasteiger partial charge in [0, 0.05) is 12.6 Å². The molecule has 120 valence electrons. The van der Waals surface area contributed by atoms with Crippen molar-refractivity contribution in [3.63, 3.8) is 0 Å². The van der Waals surface area contributed by atoms with Gasteiger partial charge in [-0.1, -0.05) is 30.3 Å². The molecule has 1 N–H and O–H groups in total. The minimum absolute atomic E-state index is 0.0108. The normalized spacial score (nSPS) is 19.3. The number of carbonyl (C=O) groups is 2. The molecule has 0 spiro atoms. The van der Waals surface area contributed by atoms with E-state index in [0.717, 1.165) is 24.9 Å². The second kappa shape index (κ2) is 7.40. The van der Waals surface area contributed by atoms with Crippen LogP contribution in [0.25, 0.3) is 0 Å². The van der Waals surface area contributed by atoms with Crippen LogP contribution in [-0.4, -0.2) is 54.8 Å². The standard InChI is InChI=1S/C17H25N3O2/c1-13-8-7-11-20(13)17(22)16(14-9-5-4-6-10-14)18-15(21)12-19(2)3/h4-6,9-10,13,16H,7-8,11-12H2,1-3H3,(H,18,21)/t13-,16-/m1/s1. The van der Waals surface area contributed by atoms with Gasteiger partial charge in [0.25, 0.3) is 0 Å². The van der Waals surface area contributed by atoms with Crippen LogP contribution >= 0.6 is 0 Å². The monoisotopic (exact) mass is 303 g/mol. The van der Waals surface area contributed by atoms with Crippen LogP contribution in [0.15, 0.2) is 30.3 Å². The number of nitrogens with one attached hydrogen (secondary N) is 1. The molecule has 0 aromatic heterocycles. The molecule has 1 heterocycles. The van der Waals surface area contributed by atoms with Crippen molar-refractivity contribution in [1.29, 1.82) is 0 Å². The average Bonchev–Trinajstić information content (AvgIpc) is 2.90. The number of hydrogen-bond acceptors (Lipinski definition) is 3. The van der Waals surface area contributed by atoms with Gasteiger partial charge in [0.2, 0.25) is 11.8 Å². The minimum atomic E-state index is -0.603. The van der Waals surface area contributed by atoms with E-state index < -0.39 is 6.04 Å². The van der Waals surface area contributed by atoms with Gasteiger partial charge in [-0.3, -0.25) is 9.59 Å². The summed E-state index contributed by atoms with van der Waals surface area (Å²) < 4.78 is 0. The largest absolute Gasteiger partial charge is 0.339 e. The average molecular weight is 303 g/mol. The van der Waals surface area contributed by atoms with Crippen LogP contribution in [0.4, 0.5) is 0 Å². The van der Waals surface area contributed by atoms with Gasteiger partial charge in [0.1, 0.15) is 6.04 Å². The van der Waals surface area contributed by atoms with E-state index in [1.807, 2.05) is 49.3 Å². The van der Waals surface area contributed by atoms with Gasteiger partial charge in [-0.05, 0) is 39.4 Å². The zero-order valence-corrected chi connectivity index (χ0v) is 13.6. The zero-order chi connectivity index (χ0) is 16.1. The highest BCUT2D eigenvalue weighted by Gasteiger charge is 2.32. The van der Waals surface area contributed by atoms with Crippen molar-refractivity contribution in [3.8, 4) is 0 Å². The van der Waals surface area contributed by atoms with E-state index in [2.05, 4.69) is 12.2 Å². The summed E-state index contributed by atoms with van der Waals surface area (Å²) >= 11 is 0. The van der Waals surface area contributed by atoms with Crippen molar-refractivity contribution in [3.05, 3.63) is 35.9 Å². The van der Waals surface area contributed by atoms with E-state index in [-0.39, 0.29) is 24.4 Å². The Balaban J connectivity index is 2.18. The first-order valence-electron chi connectivity index (χ1n) is 7.78. The maximum Gasteiger partial charge on any atom is 0.250 e. The number of hydrogen-bond donors (Lipinski definition) is 1. The maximum absolute atomic E-state index is 12.9. The lowest BCUT2D eigenvalue weighted by atomic mass is 10.0. The summed E-state index contributed by atoms with van der Waals surface area (Å²) in [4.78, 5) is 28.7. The Bertz CT molecular complexity index is 516. The van der Waals surface area contributed by atoms with E-state index in [1.165, 1.54) is 0 Å². The summed E-state index contributed by atoms with van der Waals surface area (Å²) in [6.45, 7) is 3.10. The third kappa shape index (κ3) is 4.07. The van der Waals surface area contributed by atoms with Gasteiger partial charge in [-0.15, -0.1) is 0 Å². The first-order valence-corrected chi connectivity index (χ1v) is 7.78. The Morgan fingerprint density at radius 1 is 1.32 bits per heavy atom.